The van der Waals surface area contributed by atoms with Gasteiger partial charge >= 0.3 is 6.61 Å². The molecule has 0 spiro atoms. The highest BCUT2D eigenvalue weighted by atomic mass is 19.3. The van der Waals surface area contributed by atoms with Crippen LogP contribution in [0.5, 0.6) is 5.75 Å². The van der Waals surface area contributed by atoms with Crippen molar-refractivity contribution in [2.24, 2.45) is 0 Å². The second-order valence-corrected chi connectivity index (χ2v) is 6.57. The van der Waals surface area contributed by atoms with Crippen molar-refractivity contribution in [2.75, 3.05) is 5.32 Å². The van der Waals surface area contributed by atoms with Crippen LogP contribution in [0.4, 0.5) is 19.0 Å². The third-order valence-corrected chi connectivity index (χ3v) is 4.74. The van der Waals surface area contributed by atoms with Gasteiger partial charge in [-0.25, -0.2) is 14.4 Å². The number of hydrogen-bond acceptors (Lipinski definition) is 4. The van der Waals surface area contributed by atoms with Crippen LogP contribution in [0.25, 0.3) is 17.0 Å². The Morgan fingerprint density at radius 2 is 2.04 bits per heavy atom. The molecule has 0 bridgehead atoms. The maximum Gasteiger partial charge on any atom is 0.387 e. The molecule has 4 rings (SSSR count). The number of rotatable bonds is 5. The van der Waals surface area contributed by atoms with E-state index in [0.717, 1.165) is 19.3 Å². The van der Waals surface area contributed by atoms with E-state index >= 15 is 0 Å². The summed E-state index contributed by atoms with van der Waals surface area (Å²) in [6.07, 6.45) is 5.65. The van der Waals surface area contributed by atoms with Gasteiger partial charge in [0, 0.05) is 12.3 Å². The van der Waals surface area contributed by atoms with E-state index in [1.54, 1.807) is 16.8 Å². The highest BCUT2D eigenvalue weighted by molar-refractivity contribution is 5.62. The molecule has 142 valence electrons. The fourth-order valence-electron chi connectivity index (χ4n) is 3.42. The molecule has 2 atom stereocenters. The van der Waals surface area contributed by atoms with E-state index in [4.69, 9.17) is 0 Å². The Hall–Kier alpha value is -2.77. The van der Waals surface area contributed by atoms with Gasteiger partial charge in [-0.15, -0.1) is 0 Å². The quantitative estimate of drug-likeness (QED) is 0.702. The second-order valence-electron chi connectivity index (χ2n) is 6.57. The Morgan fingerprint density at radius 3 is 2.85 bits per heavy atom. The van der Waals surface area contributed by atoms with E-state index < -0.39 is 12.8 Å². The molecule has 3 aromatic heterocycles. The smallest absolute Gasteiger partial charge is 0.387 e. The van der Waals surface area contributed by atoms with Gasteiger partial charge in [0.1, 0.15) is 23.4 Å². The summed E-state index contributed by atoms with van der Waals surface area (Å²) in [7, 11) is 0. The number of fused-ring (bicyclic) bond motifs is 1. The minimum atomic E-state index is -2.88. The number of imidazole rings is 1. The van der Waals surface area contributed by atoms with Crippen molar-refractivity contribution in [1.82, 2.24) is 14.4 Å². The second kappa shape index (κ2) is 7.46. The van der Waals surface area contributed by atoms with Crippen LogP contribution in [0.15, 0.2) is 42.7 Å². The van der Waals surface area contributed by atoms with Gasteiger partial charge < -0.3 is 10.1 Å². The average molecular weight is 376 g/mol. The molecule has 5 nitrogen and oxygen atoms in total. The largest absolute Gasteiger partial charge is 0.435 e. The number of halogens is 3. The highest BCUT2D eigenvalue weighted by Gasteiger charge is 2.24. The van der Waals surface area contributed by atoms with E-state index in [-0.39, 0.29) is 11.8 Å². The van der Waals surface area contributed by atoms with Gasteiger partial charge in [-0.2, -0.15) is 8.78 Å². The summed E-state index contributed by atoms with van der Waals surface area (Å²) in [5, 5.41) is 3.19. The number of pyridine rings is 2. The molecule has 3 heterocycles. The lowest BCUT2D eigenvalue weighted by Crippen LogP contribution is -2.33. The van der Waals surface area contributed by atoms with Crippen LogP contribution in [0, 0.1) is 0 Å². The Labute approximate surface area is 154 Å². The Bertz CT molecular complexity index is 930. The van der Waals surface area contributed by atoms with Crippen LogP contribution in [-0.4, -0.2) is 33.2 Å². The lowest BCUT2D eigenvalue weighted by atomic mass is 9.94. The molecule has 0 radical (unpaired) electrons. The molecule has 0 saturated heterocycles. The number of nitrogens with one attached hydrogen (secondary N) is 1. The normalized spacial score (nSPS) is 20.1. The molecular formula is C19H19F3N4O. The number of anilines is 1. The summed E-state index contributed by atoms with van der Waals surface area (Å²) in [5.41, 5.74) is 1.83. The first-order valence-corrected chi connectivity index (χ1v) is 8.90. The molecule has 1 saturated carbocycles. The third kappa shape index (κ3) is 3.84. The van der Waals surface area contributed by atoms with E-state index in [9.17, 15) is 13.2 Å². The molecule has 1 aliphatic carbocycles. The molecule has 1 N–H and O–H groups in total. The number of ether oxygens (including phenoxy) is 1. The highest BCUT2D eigenvalue weighted by Crippen LogP contribution is 2.26. The first-order valence-electron chi connectivity index (χ1n) is 8.90. The number of hydrogen-bond donors (Lipinski definition) is 1. The molecule has 1 fully saturated rings. The molecule has 1 aliphatic rings. The maximum absolute atomic E-state index is 14.1. The Kier molecular flexibility index (Phi) is 4.87. The first-order chi connectivity index (χ1) is 13.1. The van der Waals surface area contributed by atoms with E-state index in [1.807, 2.05) is 18.2 Å². The van der Waals surface area contributed by atoms with Gasteiger partial charge in [0.25, 0.3) is 0 Å². The number of aromatic nitrogens is 3. The fourth-order valence-corrected chi connectivity index (χ4v) is 3.42. The van der Waals surface area contributed by atoms with Gasteiger partial charge in [0.2, 0.25) is 0 Å². The van der Waals surface area contributed by atoms with E-state index in [1.165, 1.54) is 12.1 Å². The summed E-state index contributed by atoms with van der Waals surface area (Å²) < 4.78 is 44.9. The van der Waals surface area contributed by atoms with E-state index in [0.29, 0.717) is 29.3 Å². The zero-order valence-corrected chi connectivity index (χ0v) is 14.5. The summed E-state index contributed by atoms with van der Waals surface area (Å²) in [5.74, 6) is 0.652. The molecule has 0 unspecified atom stereocenters. The van der Waals surface area contributed by atoms with Crippen molar-refractivity contribution < 1.29 is 17.9 Å². The Morgan fingerprint density at radius 1 is 1.19 bits per heavy atom. The third-order valence-electron chi connectivity index (χ3n) is 4.74. The topological polar surface area (TPSA) is 51.5 Å². The molecule has 0 aromatic carbocycles. The van der Waals surface area contributed by atoms with Gasteiger partial charge in [-0.3, -0.25) is 4.40 Å². The summed E-state index contributed by atoms with van der Waals surface area (Å²) in [6, 6.07) is 8.14. The zero-order chi connectivity index (χ0) is 18.8. The summed E-state index contributed by atoms with van der Waals surface area (Å²) in [4.78, 5) is 8.81. The predicted octanol–water partition coefficient (Wildman–Crippen LogP) is 4.69. The molecular weight excluding hydrogens is 357 g/mol. The lowest BCUT2D eigenvalue weighted by molar-refractivity contribution is -0.0498. The van der Waals surface area contributed by atoms with Crippen LogP contribution in [-0.2, 0) is 0 Å². The van der Waals surface area contributed by atoms with E-state index in [2.05, 4.69) is 20.0 Å². The molecule has 0 amide bonds. The van der Waals surface area contributed by atoms with Crippen LogP contribution >= 0.6 is 0 Å². The van der Waals surface area contributed by atoms with Gasteiger partial charge in [-0.1, -0.05) is 18.9 Å². The fraction of sp³-hybridized carbons (Fsp3) is 0.368. The van der Waals surface area contributed by atoms with Crippen LogP contribution < -0.4 is 10.1 Å². The van der Waals surface area contributed by atoms with Crippen molar-refractivity contribution in [2.45, 2.75) is 44.5 Å². The zero-order valence-electron chi connectivity index (χ0n) is 14.5. The summed E-state index contributed by atoms with van der Waals surface area (Å²) >= 11 is 0. The van der Waals surface area contributed by atoms with Gasteiger partial charge in [-0.05, 0) is 31.0 Å². The van der Waals surface area contributed by atoms with Crippen molar-refractivity contribution in [1.29, 1.82) is 0 Å². The number of nitrogens with zero attached hydrogens (tertiary/aromatic N) is 3. The molecule has 8 heteroatoms. The maximum atomic E-state index is 14.1. The van der Waals surface area contributed by atoms with Gasteiger partial charge in [0.15, 0.2) is 0 Å². The molecule has 3 aromatic rings. The monoisotopic (exact) mass is 376 g/mol. The van der Waals surface area contributed by atoms with Gasteiger partial charge in [0.05, 0.1) is 23.6 Å². The first kappa shape index (κ1) is 17.6. The standard InChI is InChI=1S/C19H19F3N4O/c20-13-4-1-2-5-14(13)24-17-7-3-6-15(25-17)16-11-23-18-10-12(27-19(21)22)8-9-26(16)18/h3,6-11,13-14,19H,1-2,4-5H2,(H,24,25)/t13-,14-/m0/s1. The SMILES string of the molecule is FC(F)Oc1ccn2c(-c3cccc(N[C@H]4CCCC[C@@H]4F)n3)cnc2c1. The molecule has 0 aliphatic heterocycles. The molecule has 27 heavy (non-hydrogen) atoms. The van der Waals surface area contributed by atoms with Crippen molar-refractivity contribution in [3.8, 4) is 17.1 Å². The Balaban J connectivity index is 1.60. The minimum absolute atomic E-state index is 0.0457. The number of alkyl halides is 3. The lowest BCUT2D eigenvalue weighted by Gasteiger charge is -2.27. The van der Waals surface area contributed by atoms with Crippen LogP contribution in [0.1, 0.15) is 25.7 Å². The van der Waals surface area contributed by atoms with Crippen molar-refractivity contribution in [3.05, 3.63) is 42.7 Å². The predicted molar refractivity (Wildman–Crippen MR) is 95.8 cm³/mol. The summed E-state index contributed by atoms with van der Waals surface area (Å²) in [6.45, 7) is -2.88. The minimum Gasteiger partial charge on any atom is -0.435 e. The van der Waals surface area contributed by atoms with Crippen molar-refractivity contribution in [3.63, 3.8) is 0 Å². The average Bonchev–Trinajstić information content (AvgIpc) is 3.07. The van der Waals surface area contributed by atoms with Crippen LogP contribution in [0.2, 0.25) is 0 Å². The van der Waals surface area contributed by atoms with Crippen LogP contribution in [0.3, 0.4) is 0 Å². The van der Waals surface area contributed by atoms with Crippen molar-refractivity contribution >= 4 is 11.5 Å².